The fraction of sp³-hybridized carbons (Fsp3) is 0.435. The summed E-state index contributed by atoms with van der Waals surface area (Å²) in [4.78, 5) is 13.1. The van der Waals surface area contributed by atoms with E-state index in [1.165, 1.54) is 22.3 Å². The molecule has 0 fully saturated rings. The number of hydrogen-bond acceptors (Lipinski definition) is 1. The summed E-state index contributed by atoms with van der Waals surface area (Å²) in [6.45, 7) is 8.28. The normalized spacial score (nSPS) is 13.0. The molecule has 0 aromatic heterocycles. The largest absolute Gasteiger partial charge is 1.00 e. The van der Waals surface area contributed by atoms with Crippen LogP contribution in [-0.4, -0.2) is 12.6 Å². The van der Waals surface area contributed by atoms with Crippen molar-refractivity contribution in [2.24, 2.45) is 5.92 Å². The summed E-state index contributed by atoms with van der Waals surface area (Å²) in [6, 6.07) is 17.7. The Morgan fingerprint density at radius 1 is 1.00 bits per heavy atom. The molecular weight excluding hydrogens is 453 g/mol. The number of hydrogen-bond donors (Lipinski definition) is 1. The predicted octanol–water partition coefficient (Wildman–Crippen LogP) is -0.386. The van der Waals surface area contributed by atoms with Gasteiger partial charge in [0.1, 0.15) is 0 Å². The van der Waals surface area contributed by atoms with Crippen molar-refractivity contribution in [2.75, 3.05) is 0 Å². The summed E-state index contributed by atoms with van der Waals surface area (Å²) in [7, 11) is 0. The van der Waals surface area contributed by atoms with Gasteiger partial charge in [-0.3, -0.25) is 0 Å². The Labute approximate surface area is 196 Å². The molecule has 1 amide bonds. The third-order valence-corrected chi connectivity index (χ3v) is 17.6. The molecule has 1 N–H and O–H groups in total. The number of carbonyl (C=O) groups excluding carboxylic acids is 1. The van der Waals surface area contributed by atoms with E-state index in [9.17, 15) is 4.79 Å². The smallest absolute Gasteiger partial charge is 1.00 e. The van der Waals surface area contributed by atoms with Crippen LogP contribution in [0.25, 0.3) is 11.1 Å². The maximum atomic E-state index is 13.1. The van der Waals surface area contributed by atoms with Gasteiger partial charge in [0.2, 0.25) is 0 Å². The number of unbranched alkanes of at least 4 members (excludes halogenated alkanes) is 1. The van der Waals surface area contributed by atoms with Crippen LogP contribution in [0.5, 0.6) is 0 Å². The Balaban J connectivity index is 0.00000210. The van der Waals surface area contributed by atoms with E-state index in [0.29, 0.717) is 10.1 Å². The van der Waals surface area contributed by atoms with Crippen LogP contribution in [0.15, 0.2) is 48.5 Å². The second-order valence-electron chi connectivity index (χ2n) is 7.95. The molecule has 0 saturated carbocycles. The maximum absolute atomic E-state index is 13.1. The molecule has 0 aliphatic heterocycles. The van der Waals surface area contributed by atoms with E-state index < -0.39 is 24.0 Å². The Bertz CT molecular complexity index is 756. The molecular formula is C23H32Cl2NOSiTi. The summed E-state index contributed by atoms with van der Waals surface area (Å²) >= 11 is -1.80. The van der Waals surface area contributed by atoms with Crippen LogP contribution in [0.2, 0.25) is 13.1 Å². The SMILES string of the molecule is CCCCC(CC)C(=O)[NH][Ti+2]([CH]1c2ccccc2-c2ccccc21)[SiH](C)C.[Cl-].[Cl-]. The van der Waals surface area contributed by atoms with Crippen molar-refractivity contribution in [3.8, 4) is 11.1 Å². The standard InChI is InChI=1S/C13H9.C8H17NO.C2H7Si.2ClH.Ti/c1-3-7-12-10(5-1)9-11-6-2-4-8-13(11)12;1-3-5-6-7(4-2)8(9)10;1-3-2;;;/h1-9H;7H,3-6H2,1-2H3,(H2,9,10);3H,1-2H3;2*1H;/q;;;;;+3/p-3. The van der Waals surface area contributed by atoms with E-state index in [4.69, 9.17) is 0 Å². The van der Waals surface area contributed by atoms with Crippen LogP contribution in [-0.2, 0) is 22.2 Å². The molecule has 1 aliphatic carbocycles. The molecule has 6 heteroatoms. The van der Waals surface area contributed by atoms with Crippen molar-refractivity contribution in [3.63, 3.8) is 0 Å². The van der Waals surface area contributed by atoms with Crippen LogP contribution in [0.3, 0.4) is 0 Å². The van der Waals surface area contributed by atoms with Crippen molar-refractivity contribution in [1.29, 1.82) is 0 Å². The summed E-state index contributed by atoms with van der Waals surface area (Å²) in [5.41, 5.74) is 5.67. The first-order valence-corrected chi connectivity index (χ1v) is 17.7. The van der Waals surface area contributed by atoms with E-state index >= 15 is 0 Å². The van der Waals surface area contributed by atoms with Crippen LogP contribution in [0, 0.1) is 5.92 Å². The van der Waals surface area contributed by atoms with Crippen LogP contribution >= 0.6 is 0 Å². The molecule has 1 aliphatic rings. The van der Waals surface area contributed by atoms with Gasteiger partial charge >= 0.3 is 172 Å². The van der Waals surface area contributed by atoms with Crippen LogP contribution < -0.4 is 28.6 Å². The van der Waals surface area contributed by atoms with Crippen molar-refractivity contribution in [1.82, 2.24) is 3.80 Å². The number of fused-ring (bicyclic) bond motifs is 3. The molecule has 0 saturated heterocycles. The minimum atomic E-state index is -1.80. The fourth-order valence-corrected chi connectivity index (χ4v) is 14.6. The topological polar surface area (TPSA) is 29.1 Å². The average molecular weight is 485 g/mol. The van der Waals surface area contributed by atoms with Crippen LogP contribution in [0.4, 0.5) is 0 Å². The van der Waals surface area contributed by atoms with Crippen LogP contribution in [0.1, 0.15) is 54.9 Å². The minimum absolute atomic E-state index is 0. The second-order valence-corrected chi connectivity index (χ2v) is 21.0. The molecule has 0 spiro atoms. The third-order valence-electron chi connectivity index (χ3n) is 5.80. The number of rotatable bonds is 8. The zero-order valence-corrected chi connectivity index (χ0v) is 22.1. The van der Waals surface area contributed by atoms with E-state index in [2.05, 4.69) is 79.3 Å². The molecule has 1 unspecified atom stereocenters. The molecule has 2 aromatic carbocycles. The Morgan fingerprint density at radius 3 is 1.97 bits per heavy atom. The predicted molar refractivity (Wildman–Crippen MR) is 114 cm³/mol. The molecule has 2 aromatic rings. The van der Waals surface area contributed by atoms with E-state index in [-0.39, 0.29) is 30.7 Å². The zero-order valence-electron chi connectivity index (χ0n) is 17.8. The van der Waals surface area contributed by atoms with Gasteiger partial charge in [0.25, 0.3) is 0 Å². The maximum Gasteiger partial charge on any atom is -1.00 e. The first-order chi connectivity index (χ1) is 13.1. The fourth-order valence-electron chi connectivity index (χ4n) is 4.26. The van der Waals surface area contributed by atoms with Crippen molar-refractivity contribution in [2.45, 2.75) is 56.8 Å². The first-order valence-electron chi connectivity index (χ1n) is 10.4. The molecule has 0 heterocycles. The van der Waals surface area contributed by atoms with Gasteiger partial charge in [-0.15, -0.1) is 0 Å². The van der Waals surface area contributed by atoms with Gasteiger partial charge < -0.3 is 24.8 Å². The van der Waals surface area contributed by atoms with Gasteiger partial charge in [0, 0.05) is 0 Å². The summed E-state index contributed by atoms with van der Waals surface area (Å²) in [6.07, 6.45) is 4.29. The van der Waals surface area contributed by atoms with Gasteiger partial charge in [-0.2, -0.15) is 0 Å². The molecule has 0 radical (unpaired) electrons. The number of amides is 1. The van der Waals surface area contributed by atoms with Crippen molar-refractivity contribution in [3.05, 3.63) is 59.7 Å². The molecule has 2 nitrogen and oxygen atoms in total. The molecule has 157 valence electrons. The van der Waals surface area contributed by atoms with E-state index in [0.717, 1.165) is 25.7 Å². The van der Waals surface area contributed by atoms with E-state index in [1.807, 2.05) is 0 Å². The van der Waals surface area contributed by atoms with E-state index in [1.54, 1.807) is 0 Å². The average Bonchev–Trinajstić information content (AvgIpc) is 3.01. The zero-order chi connectivity index (χ0) is 19.4. The third kappa shape index (κ3) is 5.77. The Morgan fingerprint density at radius 2 is 1.52 bits per heavy atom. The monoisotopic (exact) mass is 484 g/mol. The number of halogens is 2. The molecule has 3 rings (SSSR count). The van der Waals surface area contributed by atoms with Crippen molar-refractivity contribution >= 4 is 12.6 Å². The number of nitrogens with one attached hydrogen (secondary N) is 1. The summed E-state index contributed by atoms with van der Waals surface area (Å²) in [5, 5.41) is 0. The quantitative estimate of drug-likeness (QED) is 0.508. The van der Waals surface area contributed by atoms with Gasteiger partial charge in [0.15, 0.2) is 0 Å². The summed E-state index contributed by atoms with van der Waals surface area (Å²) in [5.74, 6) is 0.524. The molecule has 0 bridgehead atoms. The van der Waals surface area contributed by atoms with Gasteiger partial charge in [-0.1, -0.05) is 0 Å². The summed E-state index contributed by atoms with van der Waals surface area (Å²) < 4.78 is 4.14. The number of benzene rings is 2. The Kier molecular flexibility index (Phi) is 11.2. The first kappa shape index (κ1) is 26.5. The van der Waals surface area contributed by atoms with Crippen molar-refractivity contribution < 1.29 is 47.0 Å². The second kappa shape index (κ2) is 12.3. The number of carbonyl (C=O) groups is 1. The minimum Gasteiger partial charge on any atom is -1.00 e. The van der Waals surface area contributed by atoms with Gasteiger partial charge in [-0.25, -0.2) is 0 Å². The van der Waals surface area contributed by atoms with Gasteiger partial charge in [0.05, 0.1) is 0 Å². The molecule has 29 heavy (non-hydrogen) atoms. The molecule has 1 atom stereocenters. The Hall–Kier alpha value is -0.579. The van der Waals surface area contributed by atoms with Gasteiger partial charge in [-0.05, 0) is 0 Å².